The largest absolute Gasteiger partial charge is 0.449 e. The highest BCUT2D eigenvalue weighted by atomic mass is 16.5. The van der Waals surface area contributed by atoms with E-state index in [1.165, 1.54) is 0 Å². The Labute approximate surface area is 179 Å². The number of amides is 1. The van der Waals surface area contributed by atoms with Crippen LogP contribution in [0.3, 0.4) is 0 Å². The van der Waals surface area contributed by atoms with Crippen molar-refractivity contribution in [1.29, 1.82) is 0 Å². The molecule has 156 valence electrons. The monoisotopic (exact) mass is 414 g/mol. The molecule has 2 N–H and O–H groups in total. The molecule has 0 radical (unpaired) electrons. The second-order valence-electron chi connectivity index (χ2n) is 7.41. The number of carbonyl (C=O) groups excluding carboxylic acids is 2. The van der Waals surface area contributed by atoms with Gasteiger partial charge in [-0.3, -0.25) is 9.78 Å². The molecule has 31 heavy (non-hydrogen) atoms. The minimum absolute atomic E-state index is 0.333. The number of anilines is 1. The summed E-state index contributed by atoms with van der Waals surface area (Å²) in [6.45, 7) is 5.45. The summed E-state index contributed by atoms with van der Waals surface area (Å²) in [4.78, 5) is 36.9. The maximum Gasteiger partial charge on any atom is 0.338 e. The van der Waals surface area contributed by atoms with Crippen LogP contribution in [0.1, 0.15) is 28.4 Å². The van der Waals surface area contributed by atoms with E-state index in [9.17, 15) is 9.59 Å². The molecular weight excluding hydrogens is 392 g/mol. The van der Waals surface area contributed by atoms with Gasteiger partial charge in [0.1, 0.15) is 5.82 Å². The number of esters is 1. The van der Waals surface area contributed by atoms with Crippen LogP contribution in [0.15, 0.2) is 60.9 Å². The Morgan fingerprint density at radius 2 is 1.94 bits per heavy atom. The normalized spacial score (nSPS) is 11.8. The predicted molar refractivity (Wildman–Crippen MR) is 119 cm³/mol. The number of imidazole rings is 1. The number of hydrogen-bond donors (Lipinski definition) is 2. The van der Waals surface area contributed by atoms with Gasteiger partial charge in [-0.15, -0.1) is 0 Å². The predicted octanol–water partition coefficient (Wildman–Crippen LogP) is 4.43. The van der Waals surface area contributed by atoms with Gasteiger partial charge in [-0.2, -0.15) is 0 Å². The Kier molecular flexibility index (Phi) is 5.49. The smallest absolute Gasteiger partial charge is 0.338 e. The zero-order valence-corrected chi connectivity index (χ0v) is 17.5. The van der Waals surface area contributed by atoms with E-state index in [0.29, 0.717) is 22.6 Å². The summed E-state index contributed by atoms with van der Waals surface area (Å²) in [5.41, 5.74) is 5.34. The number of ether oxygens (including phenoxy) is 1. The first kappa shape index (κ1) is 20.3. The number of benzene rings is 2. The van der Waals surface area contributed by atoms with Gasteiger partial charge < -0.3 is 15.0 Å². The number of nitrogens with one attached hydrogen (secondary N) is 2. The Hall–Kier alpha value is -4.00. The molecule has 1 atom stereocenters. The highest BCUT2D eigenvalue weighted by Crippen LogP contribution is 2.21. The lowest BCUT2D eigenvalue weighted by atomic mass is 10.1. The van der Waals surface area contributed by atoms with Gasteiger partial charge >= 0.3 is 5.97 Å². The van der Waals surface area contributed by atoms with Crippen LogP contribution in [-0.2, 0) is 9.53 Å². The van der Waals surface area contributed by atoms with Gasteiger partial charge in [0.2, 0.25) is 0 Å². The first-order valence-corrected chi connectivity index (χ1v) is 9.90. The lowest BCUT2D eigenvalue weighted by Gasteiger charge is -2.15. The molecule has 7 heteroatoms. The molecule has 0 saturated carbocycles. The first-order chi connectivity index (χ1) is 14.9. The van der Waals surface area contributed by atoms with Gasteiger partial charge in [0.15, 0.2) is 6.10 Å². The number of pyridine rings is 1. The number of aryl methyl sites for hydroxylation is 2. The molecule has 2 aromatic carbocycles. The molecule has 1 amide bonds. The quantitative estimate of drug-likeness (QED) is 0.471. The molecule has 4 aromatic rings. The van der Waals surface area contributed by atoms with E-state index in [4.69, 9.17) is 4.74 Å². The number of nitrogens with zero attached hydrogens (tertiary/aromatic N) is 2. The number of aromatic amines is 1. The summed E-state index contributed by atoms with van der Waals surface area (Å²) in [5.74, 6) is -0.306. The summed E-state index contributed by atoms with van der Waals surface area (Å²) in [7, 11) is 0. The van der Waals surface area contributed by atoms with E-state index >= 15 is 0 Å². The van der Waals surface area contributed by atoms with Crippen LogP contribution in [0.4, 0.5) is 5.69 Å². The van der Waals surface area contributed by atoms with Crippen molar-refractivity contribution in [2.24, 2.45) is 0 Å². The minimum Gasteiger partial charge on any atom is -0.449 e. The van der Waals surface area contributed by atoms with Crippen LogP contribution in [-0.4, -0.2) is 32.9 Å². The van der Waals surface area contributed by atoms with E-state index in [1.807, 2.05) is 44.2 Å². The molecular formula is C24H22N4O3. The van der Waals surface area contributed by atoms with Crippen molar-refractivity contribution in [3.05, 3.63) is 77.6 Å². The van der Waals surface area contributed by atoms with Gasteiger partial charge in [0.05, 0.1) is 16.6 Å². The van der Waals surface area contributed by atoms with Crippen molar-refractivity contribution >= 4 is 28.6 Å². The van der Waals surface area contributed by atoms with Gasteiger partial charge in [-0.25, -0.2) is 9.78 Å². The second kappa shape index (κ2) is 8.39. The molecule has 0 aliphatic heterocycles. The van der Waals surface area contributed by atoms with Crippen LogP contribution in [0.2, 0.25) is 0 Å². The molecule has 0 aliphatic carbocycles. The van der Waals surface area contributed by atoms with Gasteiger partial charge in [0, 0.05) is 23.6 Å². The second-order valence-corrected chi connectivity index (χ2v) is 7.41. The summed E-state index contributed by atoms with van der Waals surface area (Å²) >= 11 is 0. The van der Waals surface area contributed by atoms with E-state index < -0.39 is 12.1 Å². The van der Waals surface area contributed by atoms with Crippen LogP contribution in [0, 0.1) is 13.8 Å². The summed E-state index contributed by atoms with van der Waals surface area (Å²) in [6, 6.07) is 14.5. The zero-order chi connectivity index (χ0) is 22.0. The topological polar surface area (TPSA) is 97.0 Å². The SMILES string of the molecule is Cc1ccc(NC(=O)C(C)OC(=O)c2ccc3nc(-c4cccnc4)[nH]c3c2)c(C)c1. The number of rotatable bonds is 5. The summed E-state index contributed by atoms with van der Waals surface area (Å²) in [5, 5.41) is 2.81. The lowest BCUT2D eigenvalue weighted by molar-refractivity contribution is -0.123. The minimum atomic E-state index is -0.948. The third-order valence-corrected chi connectivity index (χ3v) is 4.95. The molecule has 0 fully saturated rings. The van der Waals surface area contributed by atoms with Crippen molar-refractivity contribution in [3.8, 4) is 11.4 Å². The van der Waals surface area contributed by atoms with Crippen molar-refractivity contribution in [2.45, 2.75) is 26.9 Å². The Morgan fingerprint density at radius 1 is 1.10 bits per heavy atom. The number of H-pyrrole nitrogens is 1. The Bertz CT molecular complexity index is 1260. The van der Waals surface area contributed by atoms with E-state index in [2.05, 4.69) is 20.3 Å². The third kappa shape index (κ3) is 4.45. The maximum atomic E-state index is 12.6. The molecule has 2 aromatic heterocycles. The summed E-state index contributed by atoms with van der Waals surface area (Å²) < 4.78 is 5.38. The van der Waals surface area contributed by atoms with E-state index in [0.717, 1.165) is 22.2 Å². The number of fused-ring (bicyclic) bond motifs is 1. The molecule has 0 aliphatic rings. The summed E-state index contributed by atoms with van der Waals surface area (Å²) in [6.07, 6.45) is 2.46. The first-order valence-electron chi connectivity index (χ1n) is 9.90. The van der Waals surface area contributed by atoms with Crippen LogP contribution < -0.4 is 5.32 Å². The van der Waals surface area contributed by atoms with Crippen molar-refractivity contribution in [1.82, 2.24) is 15.0 Å². The molecule has 0 bridgehead atoms. The molecule has 4 rings (SSSR count). The van der Waals surface area contributed by atoms with Crippen LogP contribution in [0.25, 0.3) is 22.4 Å². The van der Waals surface area contributed by atoms with E-state index in [1.54, 1.807) is 37.5 Å². The van der Waals surface area contributed by atoms with Crippen molar-refractivity contribution in [3.63, 3.8) is 0 Å². The van der Waals surface area contributed by atoms with Crippen molar-refractivity contribution in [2.75, 3.05) is 5.32 Å². The maximum absolute atomic E-state index is 12.6. The Morgan fingerprint density at radius 3 is 2.68 bits per heavy atom. The highest BCUT2D eigenvalue weighted by Gasteiger charge is 2.20. The third-order valence-electron chi connectivity index (χ3n) is 4.95. The van der Waals surface area contributed by atoms with Crippen LogP contribution >= 0.6 is 0 Å². The average Bonchev–Trinajstić information content (AvgIpc) is 3.19. The average molecular weight is 414 g/mol. The number of hydrogen-bond acceptors (Lipinski definition) is 5. The molecule has 1 unspecified atom stereocenters. The van der Waals surface area contributed by atoms with Gasteiger partial charge in [0.25, 0.3) is 5.91 Å². The van der Waals surface area contributed by atoms with E-state index in [-0.39, 0.29) is 5.91 Å². The fraction of sp³-hybridized carbons (Fsp3) is 0.167. The zero-order valence-electron chi connectivity index (χ0n) is 17.5. The highest BCUT2D eigenvalue weighted by molar-refractivity contribution is 5.99. The standard InChI is InChI=1S/C24H22N4O3/c1-14-6-8-19(15(2)11-14)28-23(29)16(3)31-24(30)17-7-9-20-21(12-17)27-22(26-20)18-5-4-10-25-13-18/h4-13,16H,1-3H3,(H,26,27)(H,28,29). The Balaban J connectivity index is 1.46. The fourth-order valence-corrected chi connectivity index (χ4v) is 3.25. The molecule has 7 nitrogen and oxygen atoms in total. The van der Waals surface area contributed by atoms with Crippen LogP contribution in [0.5, 0.6) is 0 Å². The lowest BCUT2D eigenvalue weighted by Crippen LogP contribution is -2.30. The molecule has 0 spiro atoms. The molecule has 2 heterocycles. The fourth-order valence-electron chi connectivity index (χ4n) is 3.25. The molecule has 0 saturated heterocycles. The van der Waals surface area contributed by atoms with Gasteiger partial charge in [-0.1, -0.05) is 17.7 Å². The number of aromatic nitrogens is 3. The van der Waals surface area contributed by atoms with Crippen molar-refractivity contribution < 1.29 is 14.3 Å². The number of carbonyl (C=O) groups is 2. The van der Waals surface area contributed by atoms with Gasteiger partial charge in [-0.05, 0) is 62.7 Å².